The first-order chi connectivity index (χ1) is 6.13. The van der Waals surface area contributed by atoms with E-state index >= 15 is 0 Å². The Morgan fingerprint density at radius 1 is 1.54 bits per heavy atom. The summed E-state index contributed by atoms with van der Waals surface area (Å²) in [5.41, 5.74) is 0. The molecule has 2 nitrogen and oxygen atoms in total. The minimum atomic E-state index is -2.86. The van der Waals surface area contributed by atoms with Crippen molar-refractivity contribution in [2.24, 2.45) is 0 Å². The minimum absolute atomic E-state index is 0.0449. The summed E-state index contributed by atoms with van der Waals surface area (Å²) in [6.07, 6.45) is -2.05. The van der Waals surface area contributed by atoms with Gasteiger partial charge in [0.2, 0.25) is 0 Å². The summed E-state index contributed by atoms with van der Waals surface area (Å²) < 4.78 is 24.2. The number of alkyl halides is 2. The monoisotopic (exact) mass is 209 g/mol. The molecular weight excluding hydrogens is 196 g/mol. The van der Waals surface area contributed by atoms with E-state index < -0.39 is 12.3 Å². The Morgan fingerprint density at radius 2 is 2.23 bits per heavy atom. The molecule has 1 aliphatic rings. The Bertz CT molecular complexity index is 189. The normalized spacial score (nSPS) is 24.6. The molecule has 1 rings (SSSR count). The van der Waals surface area contributed by atoms with Gasteiger partial charge in [0.1, 0.15) is 0 Å². The maximum Gasteiger partial charge on any atom is 0.315 e. The molecule has 1 fully saturated rings. The molecule has 0 saturated carbocycles. The van der Waals surface area contributed by atoms with Crippen molar-refractivity contribution in [1.29, 1.82) is 0 Å². The molecule has 76 valence electrons. The number of thioether (sulfide) groups is 1. The van der Waals surface area contributed by atoms with E-state index in [0.29, 0.717) is 6.54 Å². The van der Waals surface area contributed by atoms with Crippen LogP contribution in [0.15, 0.2) is 0 Å². The largest absolute Gasteiger partial charge is 0.334 e. The maximum absolute atomic E-state index is 12.1. The molecule has 0 aliphatic carbocycles. The molecular formula is C8H13F2NOS. The second kappa shape index (κ2) is 4.79. The van der Waals surface area contributed by atoms with E-state index in [2.05, 4.69) is 0 Å². The van der Waals surface area contributed by atoms with Crippen LogP contribution in [-0.2, 0) is 4.79 Å². The number of amides is 1. The van der Waals surface area contributed by atoms with Gasteiger partial charge in [-0.05, 0) is 19.1 Å². The fourth-order valence-electron chi connectivity index (χ4n) is 1.35. The summed E-state index contributed by atoms with van der Waals surface area (Å²) in [6, 6.07) is -0.0449. The number of carbonyl (C=O) groups excluding carboxylic acids is 1. The number of halogens is 2. The van der Waals surface area contributed by atoms with Crippen molar-refractivity contribution in [3.63, 3.8) is 0 Å². The molecule has 1 amide bonds. The van der Waals surface area contributed by atoms with Crippen molar-refractivity contribution in [3.05, 3.63) is 0 Å². The molecule has 0 aromatic carbocycles. The Balaban J connectivity index is 2.58. The van der Waals surface area contributed by atoms with Crippen molar-refractivity contribution in [2.75, 3.05) is 18.1 Å². The molecule has 0 radical (unpaired) electrons. The zero-order valence-corrected chi connectivity index (χ0v) is 8.32. The van der Waals surface area contributed by atoms with Crippen LogP contribution in [-0.4, -0.2) is 41.3 Å². The van der Waals surface area contributed by atoms with Crippen molar-refractivity contribution >= 4 is 17.7 Å². The summed E-state index contributed by atoms with van der Waals surface area (Å²) in [5, 5.41) is 0. The van der Waals surface area contributed by atoms with Crippen molar-refractivity contribution in [1.82, 2.24) is 4.90 Å². The summed E-state index contributed by atoms with van der Waals surface area (Å²) in [5.74, 6) is 0.701. The first-order valence-electron chi connectivity index (χ1n) is 4.29. The molecule has 5 heteroatoms. The fraction of sp³-hybridized carbons (Fsp3) is 0.875. The minimum Gasteiger partial charge on any atom is -0.334 e. The molecule has 0 bridgehead atoms. The molecule has 1 atom stereocenters. The molecule has 1 unspecified atom stereocenters. The van der Waals surface area contributed by atoms with Crippen LogP contribution in [0, 0.1) is 0 Å². The Labute approximate surface area is 80.7 Å². The quantitative estimate of drug-likeness (QED) is 0.654. The second-order valence-electron chi connectivity index (χ2n) is 3.08. The predicted octanol–water partition coefficient (Wildman–Crippen LogP) is 1.61. The zero-order valence-electron chi connectivity index (χ0n) is 7.50. The Hall–Kier alpha value is -0.320. The number of nitrogens with zero attached hydrogens (tertiary/aromatic N) is 1. The summed E-state index contributed by atoms with van der Waals surface area (Å²) in [4.78, 5) is 12.3. The van der Waals surface area contributed by atoms with E-state index in [1.54, 1.807) is 11.8 Å². The van der Waals surface area contributed by atoms with E-state index in [4.69, 9.17) is 0 Å². The van der Waals surface area contributed by atoms with Gasteiger partial charge in [-0.25, -0.2) is 0 Å². The van der Waals surface area contributed by atoms with Crippen LogP contribution in [0.1, 0.15) is 13.3 Å². The average Bonchev–Trinajstić information content (AvgIpc) is 2.28. The molecule has 0 N–H and O–H groups in total. The predicted molar refractivity (Wildman–Crippen MR) is 49.1 cm³/mol. The lowest BCUT2D eigenvalue weighted by molar-refractivity contribution is -0.144. The van der Waals surface area contributed by atoms with Gasteiger partial charge < -0.3 is 4.90 Å². The molecule has 1 saturated heterocycles. The average molecular weight is 209 g/mol. The summed E-state index contributed by atoms with van der Waals surface area (Å²) >= 11 is 1.71. The van der Waals surface area contributed by atoms with Gasteiger partial charge in [0.15, 0.2) is 0 Å². The molecule has 0 aromatic rings. The first kappa shape index (κ1) is 10.8. The zero-order chi connectivity index (χ0) is 9.84. The van der Waals surface area contributed by atoms with Crippen LogP contribution < -0.4 is 0 Å². The highest BCUT2D eigenvalue weighted by molar-refractivity contribution is 7.99. The van der Waals surface area contributed by atoms with E-state index in [0.717, 1.165) is 17.9 Å². The Morgan fingerprint density at radius 3 is 2.85 bits per heavy atom. The van der Waals surface area contributed by atoms with Crippen molar-refractivity contribution in [2.45, 2.75) is 25.8 Å². The van der Waals surface area contributed by atoms with Crippen LogP contribution in [0.25, 0.3) is 0 Å². The smallest absolute Gasteiger partial charge is 0.315 e. The van der Waals surface area contributed by atoms with E-state index in [1.165, 1.54) is 4.90 Å². The van der Waals surface area contributed by atoms with Crippen LogP contribution in [0.2, 0.25) is 0 Å². The molecule has 0 aromatic heterocycles. The third-order valence-electron chi connectivity index (χ3n) is 2.16. The first-order valence-corrected chi connectivity index (χ1v) is 5.44. The van der Waals surface area contributed by atoms with E-state index in [-0.39, 0.29) is 6.04 Å². The highest BCUT2D eigenvalue weighted by atomic mass is 32.2. The fourth-order valence-corrected chi connectivity index (χ4v) is 2.39. The SMILES string of the molecule is CC1CCSCCN1C(=O)C(F)F. The van der Waals surface area contributed by atoms with Gasteiger partial charge in [0.25, 0.3) is 5.91 Å². The van der Waals surface area contributed by atoms with Crippen LogP contribution >= 0.6 is 11.8 Å². The van der Waals surface area contributed by atoms with E-state index in [1.807, 2.05) is 6.92 Å². The summed E-state index contributed by atoms with van der Waals surface area (Å²) in [6.45, 7) is 2.28. The van der Waals surface area contributed by atoms with Crippen LogP contribution in [0.3, 0.4) is 0 Å². The number of hydrogen-bond acceptors (Lipinski definition) is 2. The van der Waals surface area contributed by atoms with Crippen LogP contribution in [0.5, 0.6) is 0 Å². The third-order valence-corrected chi connectivity index (χ3v) is 3.15. The standard InChI is InChI=1S/C8H13F2NOS/c1-6-2-4-13-5-3-11(6)8(12)7(9)10/h6-7H,2-5H2,1H3. The molecule has 13 heavy (non-hydrogen) atoms. The number of hydrogen-bond donors (Lipinski definition) is 0. The van der Waals surface area contributed by atoms with Crippen molar-refractivity contribution in [3.8, 4) is 0 Å². The summed E-state index contributed by atoms with van der Waals surface area (Å²) in [7, 11) is 0. The highest BCUT2D eigenvalue weighted by Crippen LogP contribution is 2.17. The topological polar surface area (TPSA) is 20.3 Å². The van der Waals surface area contributed by atoms with Crippen molar-refractivity contribution < 1.29 is 13.6 Å². The molecule has 0 spiro atoms. The van der Waals surface area contributed by atoms with Crippen LogP contribution in [0.4, 0.5) is 8.78 Å². The highest BCUT2D eigenvalue weighted by Gasteiger charge is 2.27. The number of carbonyl (C=O) groups is 1. The van der Waals surface area contributed by atoms with E-state index in [9.17, 15) is 13.6 Å². The van der Waals surface area contributed by atoms with Gasteiger partial charge in [-0.15, -0.1) is 0 Å². The van der Waals surface area contributed by atoms with Gasteiger partial charge in [0.05, 0.1) is 0 Å². The second-order valence-corrected chi connectivity index (χ2v) is 4.31. The maximum atomic E-state index is 12.1. The van der Waals surface area contributed by atoms with Gasteiger partial charge in [0, 0.05) is 18.3 Å². The lowest BCUT2D eigenvalue weighted by atomic mass is 10.2. The lowest BCUT2D eigenvalue weighted by Crippen LogP contribution is -2.42. The van der Waals surface area contributed by atoms with Gasteiger partial charge in [-0.2, -0.15) is 20.5 Å². The van der Waals surface area contributed by atoms with Gasteiger partial charge in [-0.1, -0.05) is 0 Å². The number of rotatable bonds is 1. The Kier molecular flexibility index (Phi) is 3.96. The third kappa shape index (κ3) is 2.83. The molecule has 1 heterocycles. The molecule has 1 aliphatic heterocycles. The van der Waals surface area contributed by atoms with Gasteiger partial charge in [-0.3, -0.25) is 4.79 Å². The lowest BCUT2D eigenvalue weighted by Gasteiger charge is -2.26. The van der Waals surface area contributed by atoms with Gasteiger partial charge >= 0.3 is 6.43 Å².